The molecule has 0 radical (unpaired) electrons. The Hall–Kier alpha value is -0.990. The van der Waals surface area contributed by atoms with Crippen LogP contribution in [0.3, 0.4) is 0 Å². The molecule has 1 rings (SSSR count). The molecule has 0 saturated carbocycles. The average molecular weight is 196 g/mol. The lowest BCUT2D eigenvalue weighted by molar-refractivity contribution is 0.441. The largest absolute Gasteiger partial charge is 0.504 e. The first-order valence-electron chi connectivity index (χ1n) is 5.03. The van der Waals surface area contributed by atoms with Crippen LogP contribution in [0.15, 0.2) is 0 Å². The summed E-state index contributed by atoms with van der Waals surface area (Å²) in [6.45, 7) is 12.2. The Morgan fingerprint density at radius 1 is 1.29 bits per heavy atom. The van der Waals surface area contributed by atoms with Gasteiger partial charge in [0.1, 0.15) is 5.69 Å². The summed E-state index contributed by atoms with van der Waals surface area (Å²) < 4.78 is 1.87. The molecule has 3 heteroatoms. The molecule has 0 bridgehead atoms. The maximum absolute atomic E-state index is 9.92. The van der Waals surface area contributed by atoms with Gasteiger partial charge in [0.25, 0.3) is 0 Å². The molecular formula is C11H20N2O. The summed E-state index contributed by atoms with van der Waals surface area (Å²) in [7, 11) is 0. The summed E-state index contributed by atoms with van der Waals surface area (Å²) >= 11 is 0. The highest BCUT2D eigenvalue weighted by molar-refractivity contribution is 5.35. The van der Waals surface area contributed by atoms with Crippen molar-refractivity contribution in [2.45, 2.75) is 53.0 Å². The lowest BCUT2D eigenvalue weighted by atomic mass is 9.91. The van der Waals surface area contributed by atoms with E-state index in [0.717, 1.165) is 11.4 Å². The molecule has 0 aliphatic heterocycles. The molecule has 0 atom stereocenters. The third kappa shape index (κ3) is 1.76. The molecule has 1 heterocycles. The minimum Gasteiger partial charge on any atom is -0.504 e. The lowest BCUT2D eigenvalue weighted by Crippen LogP contribution is -2.13. The molecule has 0 aliphatic rings. The molecule has 0 amide bonds. The molecule has 14 heavy (non-hydrogen) atoms. The molecule has 0 spiro atoms. The fourth-order valence-corrected chi connectivity index (χ4v) is 1.52. The van der Waals surface area contributed by atoms with Gasteiger partial charge in [0.15, 0.2) is 5.75 Å². The van der Waals surface area contributed by atoms with Crippen molar-refractivity contribution < 1.29 is 5.11 Å². The van der Waals surface area contributed by atoms with Crippen molar-refractivity contribution in [2.75, 3.05) is 0 Å². The van der Waals surface area contributed by atoms with Crippen LogP contribution in [0, 0.1) is 6.92 Å². The Morgan fingerprint density at radius 2 is 1.79 bits per heavy atom. The predicted molar refractivity (Wildman–Crippen MR) is 57.7 cm³/mol. The molecule has 80 valence electrons. The monoisotopic (exact) mass is 196 g/mol. The van der Waals surface area contributed by atoms with Crippen molar-refractivity contribution in [1.29, 1.82) is 0 Å². The predicted octanol–water partition coefficient (Wildman–Crippen LogP) is 2.78. The van der Waals surface area contributed by atoms with Gasteiger partial charge in [-0.25, -0.2) is 0 Å². The van der Waals surface area contributed by atoms with Crippen molar-refractivity contribution in [3.8, 4) is 5.75 Å². The van der Waals surface area contributed by atoms with Crippen LogP contribution in [-0.4, -0.2) is 14.9 Å². The molecule has 0 unspecified atom stereocenters. The highest BCUT2D eigenvalue weighted by atomic mass is 16.3. The van der Waals surface area contributed by atoms with E-state index in [-0.39, 0.29) is 11.5 Å². The van der Waals surface area contributed by atoms with E-state index in [1.807, 2.05) is 11.6 Å². The minimum absolute atomic E-state index is 0.102. The second kappa shape index (κ2) is 3.30. The van der Waals surface area contributed by atoms with Crippen molar-refractivity contribution in [1.82, 2.24) is 9.78 Å². The Kier molecular flexibility index (Phi) is 2.61. The van der Waals surface area contributed by atoms with E-state index in [1.165, 1.54) is 0 Å². The first-order chi connectivity index (χ1) is 6.25. The second-order valence-electron chi connectivity index (χ2n) is 5.07. The summed E-state index contributed by atoms with van der Waals surface area (Å²) in [5.74, 6) is 0.339. The first-order valence-corrected chi connectivity index (χ1v) is 5.03. The highest BCUT2D eigenvalue weighted by Gasteiger charge is 2.25. The van der Waals surface area contributed by atoms with Gasteiger partial charge >= 0.3 is 0 Å². The Labute approximate surface area is 85.8 Å². The van der Waals surface area contributed by atoms with Crippen LogP contribution < -0.4 is 0 Å². The average Bonchev–Trinajstić information content (AvgIpc) is 2.28. The third-order valence-electron chi connectivity index (χ3n) is 2.32. The van der Waals surface area contributed by atoms with Crippen LogP contribution in [0.4, 0.5) is 0 Å². The van der Waals surface area contributed by atoms with E-state index in [0.29, 0.717) is 5.75 Å². The van der Waals surface area contributed by atoms with Gasteiger partial charge in [0.05, 0.1) is 5.69 Å². The molecule has 0 fully saturated rings. The lowest BCUT2D eigenvalue weighted by Gasteiger charge is -2.15. The molecule has 0 aliphatic carbocycles. The maximum Gasteiger partial charge on any atom is 0.160 e. The van der Waals surface area contributed by atoms with Gasteiger partial charge in [-0.15, -0.1) is 0 Å². The zero-order valence-electron chi connectivity index (χ0n) is 9.92. The number of aromatic nitrogens is 2. The fraction of sp³-hybridized carbons (Fsp3) is 0.727. The van der Waals surface area contributed by atoms with E-state index >= 15 is 0 Å². The highest BCUT2D eigenvalue weighted by Crippen LogP contribution is 2.32. The molecule has 1 aromatic rings. The molecular weight excluding hydrogens is 176 g/mol. The van der Waals surface area contributed by atoms with E-state index in [4.69, 9.17) is 0 Å². The number of hydrogen-bond donors (Lipinski definition) is 1. The standard InChI is InChI=1S/C11H20N2O/c1-7(2)13-8(3)9(14)10(12-13)11(4,5)6/h7,14H,1-6H3. The summed E-state index contributed by atoms with van der Waals surface area (Å²) in [5.41, 5.74) is 1.53. The smallest absolute Gasteiger partial charge is 0.160 e. The zero-order valence-corrected chi connectivity index (χ0v) is 9.92. The molecule has 1 aromatic heterocycles. The summed E-state index contributed by atoms with van der Waals surface area (Å²) in [5, 5.41) is 14.4. The minimum atomic E-state index is -0.102. The summed E-state index contributed by atoms with van der Waals surface area (Å²) in [6, 6.07) is 0.289. The van der Waals surface area contributed by atoms with Crippen molar-refractivity contribution in [3.05, 3.63) is 11.4 Å². The topological polar surface area (TPSA) is 38.1 Å². The SMILES string of the molecule is Cc1c(O)c(C(C)(C)C)nn1C(C)C. The van der Waals surface area contributed by atoms with Crippen LogP contribution in [0.5, 0.6) is 5.75 Å². The number of hydrogen-bond acceptors (Lipinski definition) is 2. The third-order valence-corrected chi connectivity index (χ3v) is 2.32. The fourth-order valence-electron chi connectivity index (χ4n) is 1.52. The number of rotatable bonds is 1. The molecule has 1 N–H and O–H groups in total. The maximum atomic E-state index is 9.92. The molecule has 3 nitrogen and oxygen atoms in total. The summed E-state index contributed by atoms with van der Waals surface area (Å²) in [6.07, 6.45) is 0. The van der Waals surface area contributed by atoms with Gasteiger partial charge in [-0.1, -0.05) is 20.8 Å². The number of nitrogens with zero attached hydrogens (tertiary/aromatic N) is 2. The van der Waals surface area contributed by atoms with Gasteiger partial charge in [-0.2, -0.15) is 5.10 Å². The Balaban J connectivity index is 3.29. The summed E-state index contributed by atoms with van der Waals surface area (Å²) in [4.78, 5) is 0. The number of aromatic hydroxyl groups is 1. The van der Waals surface area contributed by atoms with E-state index in [1.54, 1.807) is 0 Å². The van der Waals surface area contributed by atoms with Gasteiger partial charge in [0, 0.05) is 11.5 Å². The van der Waals surface area contributed by atoms with Crippen LogP contribution in [0.25, 0.3) is 0 Å². The van der Waals surface area contributed by atoms with E-state index in [9.17, 15) is 5.11 Å². The van der Waals surface area contributed by atoms with E-state index in [2.05, 4.69) is 39.7 Å². The van der Waals surface area contributed by atoms with Crippen LogP contribution >= 0.6 is 0 Å². The Bertz CT molecular complexity index is 332. The quantitative estimate of drug-likeness (QED) is 0.750. The van der Waals surface area contributed by atoms with Crippen molar-refractivity contribution in [2.24, 2.45) is 0 Å². The normalized spacial score (nSPS) is 12.5. The molecule has 0 aromatic carbocycles. The van der Waals surface area contributed by atoms with Crippen molar-refractivity contribution >= 4 is 0 Å². The van der Waals surface area contributed by atoms with Gasteiger partial charge in [-0.3, -0.25) is 4.68 Å². The van der Waals surface area contributed by atoms with Crippen LogP contribution in [-0.2, 0) is 5.41 Å². The van der Waals surface area contributed by atoms with Crippen LogP contribution in [0.2, 0.25) is 0 Å². The van der Waals surface area contributed by atoms with Crippen molar-refractivity contribution in [3.63, 3.8) is 0 Å². The molecule has 0 saturated heterocycles. The van der Waals surface area contributed by atoms with Gasteiger partial charge < -0.3 is 5.11 Å². The zero-order chi connectivity index (χ0) is 11.1. The Morgan fingerprint density at radius 3 is 2.00 bits per heavy atom. The van der Waals surface area contributed by atoms with Gasteiger partial charge in [0.2, 0.25) is 0 Å². The van der Waals surface area contributed by atoms with Crippen LogP contribution in [0.1, 0.15) is 52.0 Å². The second-order valence-corrected chi connectivity index (χ2v) is 5.07. The van der Waals surface area contributed by atoms with E-state index < -0.39 is 0 Å². The van der Waals surface area contributed by atoms with Gasteiger partial charge in [-0.05, 0) is 20.8 Å². The first kappa shape index (κ1) is 11.1.